The molecule has 2 aromatic rings. The molecule has 1 aromatic heterocycles. The van der Waals surface area contributed by atoms with E-state index in [0.29, 0.717) is 6.04 Å². The number of aromatic nitrogens is 2. The van der Waals surface area contributed by atoms with Crippen LogP contribution in [0.5, 0.6) is 0 Å². The van der Waals surface area contributed by atoms with Crippen LogP contribution in [0.1, 0.15) is 43.0 Å². The number of aryl methyl sites for hydroxylation is 2. The molecule has 2 rings (SSSR count). The standard InChI is InChI=1S/C17H24BrN3/c1-4-8-19-17(9-14-11-20-21(5-2)12-14)16-10-15(18)7-6-13(16)3/h6-7,10-12,17,19H,4-5,8-9H2,1-3H3. The highest BCUT2D eigenvalue weighted by Crippen LogP contribution is 2.25. The smallest absolute Gasteiger partial charge is 0.0522 e. The third-order valence-electron chi connectivity index (χ3n) is 3.71. The summed E-state index contributed by atoms with van der Waals surface area (Å²) in [4.78, 5) is 0. The average Bonchev–Trinajstić information content (AvgIpc) is 2.94. The molecule has 1 N–H and O–H groups in total. The monoisotopic (exact) mass is 349 g/mol. The lowest BCUT2D eigenvalue weighted by molar-refractivity contribution is 0.526. The zero-order chi connectivity index (χ0) is 15.2. The summed E-state index contributed by atoms with van der Waals surface area (Å²) in [6.07, 6.45) is 6.24. The highest BCUT2D eigenvalue weighted by atomic mass is 79.9. The van der Waals surface area contributed by atoms with Gasteiger partial charge >= 0.3 is 0 Å². The fourth-order valence-corrected chi connectivity index (χ4v) is 2.90. The quantitative estimate of drug-likeness (QED) is 0.809. The lowest BCUT2D eigenvalue weighted by Crippen LogP contribution is -2.24. The van der Waals surface area contributed by atoms with E-state index in [1.54, 1.807) is 0 Å². The van der Waals surface area contributed by atoms with Crippen molar-refractivity contribution in [1.82, 2.24) is 15.1 Å². The molecule has 0 aliphatic heterocycles. The summed E-state index contributed by atoms with van der Waals surface area (Å²) in [5, 5.41) is 8.05. The summed E-state index contributed by atoms with van der Waals surface area (Å²) in [5.74, 6) is 0. The first-order valence-electron chi connectivity index (χ1n) is 7.64. The Labute approximate surface area is 135 Å². The summed E-state index contributed by atoms with van der Waals surface area (Å²) >= 11 is 3.59. The molecule has 1 aromatic carbocycles. The average molecular weight is 350 g/mol. The molecular weight excluding hydrogens is 326 g/mol. The molecular formula is C17H24BrN3. The van der Waals surface area contributed by atoms with Gasteiger partial charge in [-0.3, -0.25) is 4.68 Å². The predicted molar refractivity (Wildman–Crippen MR) is 91.5 cm³/mol. The van der Waals surface area contributed by atoms with E-state index in [4.69, 9.17) is 0 Å². The van der Waals surface area contributed by atoms with Crippen LogP contribution in [0, 0.1) is 6.92 Å². The Balaban J connectivity index is 2.22. The molecule has 0 bridgehead atoms. The molecule has 4 heteroatoms. The number of halogens is 1. The maximum absolute atomic E-state index is 4.38. The minimum absolute atomic E-state index is 0.331. The summed E-state index contributed by atoms with van der Waals surface area (Å²) in [6.45, 7) is 8.44. The summed E-state index contributed by atoms with van der Waals surface area (Å²) in [5.41, 5.74) is 3.97. The molecule has 1 unspecified atom stereocenters. The topological polar surface area (TPSA) is 29.9 Å². The van der Waals surface area contributed by atoms with Gasteiger partial charge in [-0.2, -0.15) is 5.10 Å². The van der Waals surface area contributed by atoms with E-state index in [-0.39, 0.29) is 0 Å². The van der Waals surface area contributed by atoms with Crippen LogP contribution in [-0.2, 0) is 13.0 Å². The van der Waals surface area contributed by atoms with E-state index in [0.717, 1.165) is 30.4 Å². The molecule has 1 heterocycles. The Morgan fingerprint density at radius 2 is 2.14 bits per heavy atom. The second-order valence-corrected chi connectivity index (χ2v) is 6.33. The number of benzene rings is 1. The first-order chi connectivity index (χ1) is 10.1. The van der Waals surface area contributed by atoms with Crippen molar-refractivity contribution in [1.29, 1.82) is 0 Å². The van der Waals surface area contributed by atoms with Crippen LogP contribution in [0.25, 0.3) is 0 Å². The highest BCUT2D eigenvalue weighted by Gasteiger charge is 2.15. The third kappa shape index (κ3) is 4.42. The zero-order valence-corrected chi connectivity index (χ0v) is 14.7. The highest BCUT2D eigenvalue weighted by molar-refractivity contribution is 9.10. The fraction of sp³-hybridized carbons (Fsp3) is 0.471. The lowest BCUT2D eigenvalue weighted by atomic mass is 9.96. The van der Waals surface area contributed by atoms with Crippen molar-refractivity contribution in [2.24, 2.45) is 0 Å². The van der Waals surface area contributed by atoms with Gasteiger partial charge in [-0.1, -0.05) is 28.9 Å². The van der Waals surface area contributed by atoms with Crippen molar-refractivity contribution in [2.75, 3.05) is 6.54 Å². The molecule has 0 spiro atoms. The van der Waals surface area contributed by atoms with Crippen LogP contribution < -0.4 is 5.32 Å². The van der Waals surface area contributed by atoms with Gasteiger partial charge in [-0.15, -0.1) is 0 Å². The van der Waals surface area contributed by atoms with Crippen LogP contribution in [0.3, 0.4) is 0 Å². The van der Waals surface area contributed by atoms with Gasteiger partial charge in [-0.25, -0.2) is 0 Å². The molecule has 0 aliphatic rings. The minimum Gasteiger partial charge on any atom is -0.310 e. The molecule has 21 heavy (non-hydrogen) atoms. The molecule has 0 fully saturated rings. The van der Waals surface area contributed by atoms with Crippen molar-refractivity contribution in [3.63, 3.8) is 0 Å². The first-order valence-corrected chi connectivity index (χ1v) is 8.44. The van der Waals surface area contributed by atoms with Crippen molar-refractivity contribution in [3.05, 3.63) is 51.8 Å². The van der Waals surface area contributed by atoms with Gasteiger partial charge in [0.1, 0.15) is 0 Å². The summed E-state index contributed by atoms with van der Waals surface area (Å²) in [6, 6.07) is 6.84. The maximum Gasteiger partial charge on any atom is 0.0522 e. The number of nitrogens with zero attached hydrogens (tertiary/aromatic N) is 2. The number of hydrogen-bond donors (Lipinski definition) is 1. The Bertz CT molecular complexity index is 577. The SMILES string of the molecule is CCCNC(Cc1cnn(CC)c1)c1cc(Br)ccc1C. The van der Waals surface area contributed by atoms with Gasteiger partial charge in [0.05, 0.1) is 6.20 Å². The molecule has 0 saturated carbocycles. The molecule has 3 nitrogen and oxygen atoms in total. The third-order valence-corrected chi connectivity index (χ3v) is 4.20. The predicted octanol–water partition coefficient (Wildman–Crippen LogP) is 4.26. The largest absolute Gasteiger partial charge is 0.310 e. The van der Waals surface area contributed by atoms with E-state index >= 15 is 0 Å². The number of rotatable bonds is 7. The Morgan fingerprint density at radius 1 is 1.33 bits per heavy atom. The molecule has 0 saturated heterocycles. The number of hydrogen-bond acceptors (Lipinski definition) is 2. The van der Waals surface area contributed by atoms with Gasteiger partial charge in [-0.05, 0) is 62.1 Å². The van der Waals surface area contributed by atoms with Crippen molar-refractivity contribution < 1.29 is 0 Å². The van der Waals surface area contributed by atoms with Gasteiger partial charge in [0, 0.05) is 23.3 Å². The van der Waals surface area contributed by atoms with Crippen LogP contribution in [0.15, 0.2) is 35.1 Å². The normalized spacial score (nSPS) is 12.6. The van der Waals surface area contributed by atoms with Crippen molar-refractivity contribution in [2.45, 2.75) is 46.2 Å². The van der Waals surface area contributed by atoms with E-state index in [1.807, 2.05) is 10.9 Å². The van der Waals surface area contributed by atoms with Gasteiger partial charge in [0.15, 0.2) is 0 Å². The van der Waals surface area contributed by atoms with Crippen LogP contribution in [0.2, 0.25) is 0 Å². The second kappa shape index (κ2) is 7.76. The molecule has 0 radical (unpaired) electrons. The van der Waals surface area contributed by atoms with Crippen molar-refractivity contribution in [3.8, 4) is 0 Å². The first kappa shape index (κ1) is 16.2. The maximum atomic E-state index is 4.38. The van der Waals surface area contributed by atoms with E-state index < -0.39 is 0 Å². The van der Waals surface area contributed by atoms with Gasteiger partial charge in [0.25, 0.3) is 0 Å². The van der Waals surface area contributed by atoms with Gasteiger partial charge in [0.2, 0.25) is 0 Å². The Hall–Kier alpha value is -1.13. The van der Waals surface area contributed by atoms with E-state index in [2.05, 4.69) is 71.5 Å². The van der Waals surface area contributed by atoms with Crippen molar-refractivity contribution >= 4 is 15.9 Å². The van der Waals surface area contributed by atoms with E-state index in [1.165, 1.54) is 16.7 Å². The van der Waals surface area contributed by atoms with Crippen LogP contribution in [0.4, 0.5) is 0 Å². The minimum atomic E-state index is 0.331. The molecule has 114 valence electrons. The number of nitrogens with one attached hydrogen (secondary N) is 1. The lowest BCUT2D eigenvalue weighted by Gasteiger charge is -2.21. The van der Waals surface area contributed by atoms with Gasteiger partial charge < -0.3 is 5.32 Å². The molecule has 0 amide bonds. The van der Waals surface area contributed by atoms with Crippen LogP contribution >= 0.6 is 15.9 Å². The zero-order valence-electron chi connectivity index (χ0n) is 13.1. The second-order valence-electron chi connectivity index (χ2n) is 5.42. The summed E-state index contributed by atoms with van der Waals surface area (Å²) in [7, 11) is 0. The Kier molecular flexibility index (Phi) is 6.00. The molecule has 1 atom stereocenters. The summed E-state index contributed by atoms with van der Waals surface area (Å²) < 4.78 is 3.12. The fourth-order valence-electron chi connectivity index (χ4n) is 2.52. The Morgan fingerprint density at radius 3 is 2.81 bits per heavy atom. The molecule has 0 aliphatic carbocycles. The van der Waals surface area contributed by atoms with Crippen LogP contribution in [-0.4, -0.2) is 16.3 Å². The van der Waals surface area contributed by atoms with E-state index in [9.17, 15) is 0 Å².